The van der Waals surface area contributed by atoms with Crippen molar-refractivity contribution in [3.05, 3.63) is 62.9 Å². The van der Waals surface area contributed by atoms with Gasteiger partial charge in [0.1, 0.15) is 11.3 Å². The number of nitrogens with one attached hydrogen (secondary N) is 1. The number of halogens is 1. The highest BCUT2D eigenvalue weighted by Gasteiger charge is 2.17. The van der Waals surface area contributed by atoms with Gasteiger partial charge in [-0.25, -0.2) is 4.98 Å². The second-order valence-corrected chi connectivity index (χ2v) is 4.51. The molecule has 108 valence electrons. The summed E-state index contributed by atoms with van der Waals surface area (Å²) in [6.07, 6.45) is 0.994. The summed E-state index contributed by atoms with van der Waals surface area (Å²) in [5.41, 5.74) is 6.51. The Morgan fingerprint density at radius 1 is 1.43 bits per heavy atom. The van der Waals surface area contributed by atoms with Crippen molar-refractivity contribution < 1.29 is 9.72 Å². The Hall–Kier alpha value is -2.51. The molecule has 0 aliphatic rings. The zero-order chi connectivity index (χ0) is 15.4. The molecule has 0 saturated carbocycles. The van der Waals surface area contributed by atoms with Crippen molar-refractivity contribution in [3.8, 4) is 0 Å². The molecule has 3 N–H and O–H groups in total. The Balaban J connectivity index is 2.27. The van der Waals surface area contributed by atoms with Gasteiger partial charge < -0.3 is 11.1 Å². The summed E-state index contributed by atoms with van der Waals surface area (Å²) >= 11 is 5.81. The number of nitro groups is 1. The van der Waals surface area contributed by atoms with Crippen molar-refractivity contribution >= 4 is 28.9 Å². The lowest BCUT2D eigenvalue weighted by Gasteiger charge is -2.07. The van der Waals surface area contributed by atoms with Crippen LogP contribution in [0.2, 0.25) is 5.15 Å². The maximum Gasteiger partial charge on any atom is 0.288 e. The van der Waals surface area contributed by atoms with Gasteiger partial charge in [-0.1, -0.05) is 23.7 Å². The van der Waals surface area contributed by atoms with Gasteiger partial charge in [0.15, 0.2) is 0 Å². The van der Waals surface area contributed by atoms with Crippen LogP contribution < -0.4 is 11.1 Å². The monoisotopic (exact) mass is 306 g/mol. The number of nitrogens with two attached hydrogens (primary N) is 1. The quantitative estimate of drug-likeness (QED) is 0.511. The van der Waals surface area contributed by atoms with Crippen LogP contribution in [0.5, 0.6) is 0 Å². The van der Waals surface area contributed by atoms with E-state index in [0.717, 1.165) is 17.8 Å². The standard InChI is InChI=1S/C13H11ClN4O3/c14-12-11(5-10(7-16-12)18(20)21)13(19)17-9-3-1-2-8(4-9)6-15/h1-5,7H,6,15H2,(H,17,19). The smallest absolute Gasteiger partial charge is 0.288 e. The molecule has 0 aliphatic heterocycles. The molecule has 1 aromatic carbocycles. The number of carbonyl (C=O) groups excluding carboxylic acids is 1. The number of rotatable bonds is 4. The summed E-state index contributed by atoms with van der Waals surface area (Å²) in [7, 11) is 0. The van der Waals surface area contributed by atoms with E-state index in [1.807, 2.05) is 6.07 Å². The van der Waals surface area contributed by atoms with E-state index in [1.54, 1.807) is 18.2 Å². The minimum absolute atomic E-state index is 0.0657. The summed E-state index contributed by atoms with van der Waals surface area (Å²) in [6.45, 7) is 0.336. The van der Waals surface area contributed by atoms with Gasteiger partial charge in [-0.2, -0.15) is 0 Å². The van der Waals surface area contributed by atoms with Gasteiger partial charge in [0.2, 0.25) is 0 Å². The van der Waals surface area contributed by atoms with Gasteiger partial charge >= 0.3 is 0 Å². The number of amides is 1. The van der Waals surface area contributed by atoms with Crippen molar-refractivity contribution in [2.45, 2.75) is 6.54 Å². The molecule has 0 fully saturated rings. The van der Waals surface area contributed by atoms with Crippen molar-refractivity contribution in [3.63, 3.8) is 0 Å². The van der Waals surface area contributed by atoms with E-state index >= 15 is 0 Å². The molecule has 2 aromatic rings. The van der Waals surface area contributed by atoms with Crippen LogP contribution in [0.25, 0.3) is 0 Å². The second-order valence-electron chi connectivity index (χ2n) is 4.15. The summed E-state index contributed by atoms with van der Waals surface area (Å²) in [6, 6.07) is 8.02. The molecule has 0 radical (unpaired) electrons. The fourth-order valence-corrected chi connectivity index (χ4v) is 1.86. The van der Waals surface area contributed by atoms with Crippen molar-refractivity contribution in [1.29, 1.82) is 0 Å². The zero-order valence-electron chi connectivity index (χ0n) is 10.7. The summed E-state index contributed by atoms with van der Waals surface area (Å²) in [5, 5.41) is 13.2. The molecule has 0 aliphatic carbocycles. The van der Waals surface area contributed by atoms with E-state index in [9.17, 15) is 14.9 Å². The first kappa shape index (κ1) is 14.9. The van der Waals surface area contributed by atoms with Crippen molar-refractivity contribution in [2.24, 2.45) is 5.73 Å². The molecule has 0 atom stereocenters. The van der Waals surface area contributed by atoms with Crippen LogP contribution in [0.15, 0.2) is 36.5 Å². The Kier molecular flexibility index (Phi) is 4.46. The number of hydrogen-bond donors (Lipinski definition) is 2. The highest BCUT2D eigenvalue weighted by Crippen LogP contribution is 2.20. The molecule has 1 amide bonds. The topological polar surface area (TPSA) is 111 Å². The summed E-state index contributed by atoms with van der Waals surface area (Å²) in [5.74, 6) is -0.578. The molecular formula is C13H11ClN4O3. The van der Waals surface area contributed by atoms with E-state index in [0.29, 0.717) is 12.2 Å². The lowest BCUT2D eigenvalue weighted by Crippen LogP contribution is -2.13. The highest BCUT2D eigenvalue weighted by molar-refractivity contribution is 6.33. The maximum absolute atomic E-state index is 12.1. The van der Waals surface area contributed by atoms with Crippen LogP contribution in [0.4, 0.5) is 11.4 Å². The minimum atomic E-state index is -0.644. The highest BCUT2D eigenvalue weighted by atomic mass is 35.5. The van der Waals surface area contributed by atoms with E-state index in [2.05, 4.69) is 10.3 Å². The molecule has 0 spiro atoms. The number of anilines is 1. The number of aromatic nitrogens is 1. The first-order valence-corrected chi connectivity index (χ1v) is 6.29. The SMILES string of the molecule is NCc1cccc(NC(=O)c2cc([N+](=O)[O-])cnc2Cl)c1. The van der Waals surface area contributed by atoms with E-state index in [4.69, 9.17) is 17.3 Å². The Bertz CT molecular complexity index is 706. The largest absolute Gasteiger partial charge is 0.326 e. The van der Waals surface area contributed by atoms with E-state index < -0.39 is 10.8 Å². The molecule has 1 heterocycles. The molecule has 0 bridgehead atoms. The first-order valence-electron chi connectivity index (χ1n) is 5.91. The fraction of sp³-hybridized carbons (Fsp3) is 0.0769. The van der Waals surface area contributed by atoms with Gasteiger partial charge in [-0.3, -0.25) is 14.9 Å². The fourth-order valence-electron chi connectivity index (χ4n) is 1.67. The average molecular weight is 307 g/mol. The summed E-state index contributed by atoms with van der Waals surface area (Å²) in [4.78, 5) is 25.8. The predicted molar refractivity (Wildman–Crippen MR) is 78.2 cm³/mol. The van der Waals surface area contributed by atoms with Crippen LogP contribution in [0, 0.1) is 10.1 Å². The Morgan fingerprint density at radius 3 is 2.86 bits per heavy atom. The van der Waals surface area contributed by atoms with Gasteiger partial charge in [0, 0.05) is 18.3 Å². The Morgan fingerprint density at radius 2 is 2.19 bits per heavy atom. The molecule has 7 nitrogen and oxygen atoms in total. The molecule has 0 unspecified atom stereocenters. The van der Waals surface area contributed by atoms with Gasteiger partial charge in [-0.05, 0) is 17.7 Å². The van der Waals surface area contributed by atoms with Crippen LogP contribution in [-0.4, -0.2) is 15.8 Å². The molecule has 1 aromatic heterocycles. The molecule has 2 rings (SSSR count). The maximum atomic E-state index is 12.1. The van der Waals surface area contributed by atoms with Crippen molar-refractivity contribution in [2.75, 3.05) is 5.32 Å². The van der Waals surface area contributed by atoms with Gasteiger partial charge in [0.05, 0.1) is 10.5 Å². The normalized spacial score (nSPS) is 10.2. The third-order valence-electron chi connectivity index (χ3n) is 2.70. The number of nitrogens with zero attached hydrogens (tertiary/aromatic N) is 2. The first-order chi connectivity index (χ1) is 10.0. The molecular weight excluding hydrogens is 296 g/mol. The second kappa shape index (κ2) is 6.29. The third-order valence-corrected chi connectivity index (χ3v) is 3.00. The van der Waals surface area contributed by atoms with Crippen LogP contribution in [0.1, 0.15) is 15.9 Å². The average Bonchev–Trinajstić information content (AvgIpc) is 2.47. The van der Waals surface area contributed by atoms with E-state index in [1.165, 1.54) is 0 Å². The van der Waals surface area contributed by atoms with Crippen LogP contribution in [-0.2, 0) is 6.54 Å². The molecule has 0 saturated heterocycles. The molecule has 8 heteroatoms. The van der Waals surface area contributed by atoms with Gasteiger partial charge in [0.25, 0.3) is 11.6 Å². The van der Waals surface area contributed by atoms with Gasteiger partial charge in [-0.15, -0.1) is 0 Å². The van der Waals surface area contributed by atoms with Crippen LogP contribution >= 0.6 is 11.6 Å². The number of pyridine rings is 1. The zero-order valence-corrected chi connectivity index (χ0v) is 11.5. The minimum Gasteiger partial charge on any atom is -0.326 e. The third kappa shape index (κ3) is 3.53. The van der Waals surface area contributed by atoms with Crippen molar-refractivity contribution in [1.82, 2.24) is 4.98 Å². The molecule has 21 heavy (non-hydrogen) atoms. The summed E-state index contributed by atoms with van der Waals surface area (Å²) < 4.78 is 0. The van der Waals surface area contributed by atoms with E-state index in [-0.39, 0.29) is 16.4 Å². The number of carbonyl (C=O) groups is 1. The predicted octanol–water partition coefficient (Wildman–Crippen LogP) is 2.35. The number of benzene rings is 1. The lowest BCUT2D eigenvalue weighted by molar-refractivity contribution is -0.385. The number of hydrogen-bond acceptors (Lipinski definition) is 5. The lowest BCUT2D eigenvalue weighted by atomic mass is 10.2. The van der Waals surface area contributed by atoms with Crippen LogP contribution in [0.3, 0.4) is 0 Å². The Labute approximate surface area is 124 Å².